The van der Waals surface area contributed by atoms with E-state index in [9.17, 15) is 9.18 Å². The number of nitrogens with one attached hydrogen (secondary N) is 1. The molecule has 2 aromatic carbocycles. The van der Waals surface area contributed by atoms with Crippen molar-refractivity contribution in [1.29, 1.82) is 0 Å². The van der Waals surface area contributed by atoms with Crippen LogP contribution in [0.1, 0.15) is 28.6 Å². The van der Waals surface area contributed by atoms with Crippen LogP contribution in [0.25, 0.3) is 0 Å². The second-order valence-electron chi connectivity index (χ2n) is 7.14. The fourth-order valence-electron chi connectivity index (χ4n) is 3.42. The minimum atomic E-state index is -0.468. The molecule has 6 nitrogen and oxygen atoms in total. The van der Waals surface area contributed by atoms with Gasteiger partial charge in [0.25, 0.3) is 0 Å². The first-order valence-corrected chi connectivity index (χ1v) is 10.7. The number of hydrogen-bond donors (Lipinski definition) is 2. The third-order valence-corrected chi connectivity index (χ3v) is 6.02. The number of likely N-dealkylation sites (N-methyl/N-ethyl adjacent to an activating group) is 1. The van der Waals surface area contributed by atoms with Crippen molar-refractivity contribution in [3.63, 3.8) is 0 Å². The first-order chi connectivity index (χ1) is 14.5. The average molecular weight is 427 g/mol. The minimum Gasteiger partial charge on any atom is -0.489 e. The van der Waals surface area contributed by atoms with Gasteiger partial charge in [0.05, 0.1) is 0 Å². The molecule has 0 bridgehead atoms. The fourth-order valence-corrected chi connectivity index (χ4v) is 4.29. The quantitative estimate of drug-likeness (QED) is 0.548. The average Bonchev–Trinajstić information content (AvgIpc) is 3.35. The number of anilines is 3. The van der Waals surface area contributed by atoms with E-state index in [0.29, 0.717) is 5.13 Å². The molecule has 2 heterocycles. The first-order valence-electron chi connectivity index (χ1n) is 9.84. The van der Waals surface area contributed by atoms with E-state index in [2.05, 4.69) is 22.1 Å². The number of benzene rings is 2. The van der Waals surface area contributed by atoms with Crippen molar-refractivity contribution in [3.05, 3.63) is 64.8 Å². The molecular weight excluding hydrogens is 403 g/mol. The number of nitrogens with two attached hydrogens (primary N) is 1. The number of halogens is 1. The van der Waals surface area contributed by atoms with Crippen molar-refractivity contribution in [2.45, 2.75) is 19.4 Å². The Bertz CT molecular complexity index is 1040. The fraction of sp³-hybridized carbons (Fsp3) is 0.273. The van der Waals surface area contributed by atoms with Crippen LogP contribution < -0.4 is 15.8 Å². The van der Waals surface area contributed by atoms with E-state index in [1.807, 2.05) is 24.3 Å². The second-order valence-corrected chi connectivity index (χ2v) is 8.14. The van der Waals surface area contributed by atoms with Crippen LogP contribution in [0.4, 0.5) is 21.0 Å². The van der Waals surface area contributed by atoms with Gasteiger partial charge in [-0.15, -0.1) is 0 Å². The molecule has 30 heavy (non-hydrogen) atoms. The third-order valence-electron chi connectivity index (χ3n) is 5.03. The summed E-state index contributed by atoms with van der Waals surface area (Å²) in [6, 6.07) is 13.1. The van der Waals surface area contributed by atoms with Gasteiger partial charge in [-0.2, -0.15) is 0 Å². The van der Waals surface area contributed by atoms with Crippen LogP contribution in [0.5, 0.6) is 5.75 Å². The number of rotatable bonds is 7. The molecule has 0 amide bonds. The largest absolute Gasteiger partial charge is 0.489 e. The zero-order chi connectivity index (χ0) is 21.1. The highest BCUT2D eigenvalue weighted by atomic mass is 32.1. The SMILES string of the molecule is CCN1CCC(Oc2ccc(Nc3nc(N)c(C(=O)c4cccc(F)c4)s3)cc2)C1. The minimum absolute atomic E-state index is 0.124. The Morgan fingerprint density at radius 2 is 2.13 bits per heavy atom. The van der Waals surface area contributed by atoms with Gasteiger partial charge in [-0.1, -0.05) is 30.4 Å². The molecule has 1 aliphatic heterocycles. The van der Waals surface area contributed by atoms with Gasteiger partial charge in [-0.25, -0.2) is 9.37 Å². The number of nitrogen functional groups attached to an aromatic ring is 1. The highest BCUT2D eigenvalue weighted by Gasteiger charge is 2.22. The number of carbonyl (C=O) groups is 1. The monoisotopic (exact) mass is 426 g/mol. The summed E-state index contributed by atoms with van der Waals surface area (Å²) in [4.78, 5) is 19.5. The summed E-state index contributed by atoms with van der Waals surface area (Å²) in [5.41, 5.74) is 6.98. The van der Waals surface area contributed by atoms with Gasteiger partial charge in [-0.05, 0) is 49.4 Å². The lowest BCUT2D eigenvalue weighted by atomic mass is 10.1. The Morgan fingerprint density at radius 1 is 1.33 bits per heavy atom. The van der Waals surface area contributed by atoms with E-state index in [0.717, 1.165) is 48.8 Å². The topological polar surface area (TPSA) is 80.5 Å². The van der Waals surface area contributed by atoms with Crippen molar-refractivity contribution in [2.75, 3.05) is 30.7 Å². The Balaban J connectivity index is 1.41. The van der Waals surface area contributed by atoms with Crippen LogP contribution >= 0.6 is 11.3 Å². The molecule has 4 rings (SSSR count). The lowest BCUT2D eigenvalue weighted by Crippen LogP contribution is -2.24. The van der Waals surface area contributed by atoms with E-state index < -0.39 is 5.82 Å². The van der Waals surface area contributed by atoms with Crippen LogP contribution in [0, 0.1) is 5.82 Å². The molecule has 0 radical (unpaired) electrons. The molecule has 3 N–H and O–H groups in total. The Labute approximate surface area is 178 Å². The molecule has 1 aromatic heterocycles. The zero-order valence-electron chi connectivity index (χ0n) is 16.6. The molecule has 8 heteroatoms. The maximum absolute atomic E-state index is 13.4. The first kappa shape index (κ1) is 20.3. The summed E-state index contributed by atoms with van der Waals surface area (Å²) in [6.07, 6.45) is 1.26. The number of ketones is 1. The van der Waals surface area contributed by atoms with Crippen LogP contribution in [0.2, 0.25) is 0 Å². The maximum atomic E-state index is 13.4. The van der Waals surface area contributed by atoms with Crippen LogP contribution in [0.15, 0.2) is 48.5 Å². The maximum Gasteiger partial charge on any atom is 0.206 e. The molecular formula is C22H23FN4O2S. The van der Waals surface area contributed by atoms with E-state index in [1.54, 1.807) is 6.07 Å². The number of thiazole rings is 1. The van der Waals surface area contributed by atoms with E-state index in [-0.39, 0.29) is 28.1 Å². The van der Waals surface area contributed by atoms with E-state index in [4.69, 9.17) is 10.5 Å². The summed E-state index contributed by atoms with van der Waals surface area (Å²) in [6.45, 7) is 5.23. The second kappa shape index (κ2) is 8.81. The van der Waals surface area contributed by atoms with Crippen molar-refractivity contribution in [3.8, 4) is 5.75 Å². The van der Waals surface area contributed by atoms with Crippen molar-refractivity contribution >= 4 is 33.8 Å². The molecule has 1 saturated heterocycles. The highest BCUT2D eigenvalue weighted by molar-refractivity contribution is 7.18. The Morgan fingerprint density at radius 3 is 2.83 bits per heavy atom. The van der Waals surface area contributed by atoms with Crippen molar-refractivity contribution in [1.82, 2.24) is 9.88 Å². The lowest BCUT2D eigenvalue weighted by Gasteiger charge is -2.15. The van der Waals surface area contributed by atoms with Gasteiger partial charge >= 0.3 is 0 Å². The summed E-state index contributed by atoms with van der Waals surface area (Å²) in [5.74, 6) is 0.131. The molecule has 1 fully saturated rings. The molecule has 0 saturated carbocycles. The zero-order valence-corrected chi connectivity index (χ0v) is 17.4. The van der Waals surface area contributed by atoms with Gasteiger partial charge in [-0.3, -0.25) is 9.69 Å². The number of aromatic nitrogens is 1. The van der Waals surface area contributed by atoms with Crippen molar-refractivity contribution < 1.29 is 13.9 Å². The Kier molecular flexibility index (Phi) is 5.96. The molecule has 0 spiro atoms. The van der Waals surface area contributed by atoms with Gasteiger partial charge in [0.1, 0.15) is 28.4 Å². The Hall–Kier alpha value is -2.97. The number of carbonyl (C=O) groups excluding carboxylic acids is 1. The van der Waals surface area contributed by atoms with Crippen molar-refractivity contribution in [2.24, 2.45) is 0 Å². The molecule has 1 atom stereocenters. The summed E-state index contributed by atoms with van der Waals surface area (Å²) in [5, 5.41) is 3.65. The standard InChI is InChI=1S/C22H23FN4O2S/c1-2-27-11-10-18(13-27)29-17-8-6-16(7-9-17)25-22-26-21(24)20(30-22)19(28)14-4-3-5-15(23)12-14/h3-9,12,18H,2,10-11,13,24H2,1H3,(H,25,26). The highest BCUT2D eigenvalue weighted by Crippen LogP contribution is 2.30. The normalized spacial score (nSPS) is 16.5. The predicted molar refractivity (Wildman–Crippen MR) is 117 cm³/mol. The number of ether oxygens (including phenoxy) is 1. The summed E-state index contributed by atoms with van der Waals surface area (Å²) >= 11 is 1.14. The summed E-state index contributed by atoms with van der Waals surface area (Å²) in [7, 11) is 0. The molecule has 156 valence electrons. The van der Waals surface area contributed by atoms with E-state index >= 15 is 0 Å². The van der Waals surface area contributed by atoms with Crippen LogP contribution in [-0.4, -0.2) is 41.4 Å². The molecule has 1 unspecified atom stereocenters. The van der Waals surface area contributed by atoms with E-state index in [1.165, 1.54) is 18.2 Å². The number of hydrogen-bond acceptors (Lipinski definition) is 7. The third kappa shape index (κ3) is 4.60. The molecule has 3 aromatic rings. The van der Waals surface area contributed by atoms with Crippen LogP contribution in [-0.2, 0) is 0 Å². The van der Waals surface area contributed by atoms with Gasteiger partial charge in [0.15, 0.2) is 5.13 Å². The smallest absolute Gasteiger partial charge is 0.206 e. The van der Waals surface area contributed by atoms with Crippen LogP contribution in [0.3, 0.4) is 0 Å². The lowest BCUT2D eigenvalue weighted by molar-refractivity contribution is 0.104. The van der Waals surface area contributed by atoms with Gasteiger partial charge < -0.3 is 15.8 Å². The molecule has 0 aliphatic carbocycles. The predicted octanol–water partition coefficient (Wildman–Crippen LogP) is 4.31. The van der Waals surface area contributed by atoms with Gasteiger partial charge in [0.2, 0.25) is 5.78 Å². The number of nitrogens with zero attached hydrogens (tertiary/aromatic N) is 2. The molecule has 1 aliphatic rings. The summed E-state index contributed by atoms with van der Waals surface area (Å²) < 4.78 is 19.5. The van der Waals surface area contributed by atoms with Gasteiger partial charge in [0, 0.05) is 24.3 Å². The number of likely N-dealkylation sites (tertiary alicyclic amines) is 1.